The van der Waals surface area contributed by atoms with Gasteiger partial charge in [-0.2, -0.15) is 4.31 Å². The second-order valence-corrected chi connectivity index (χ2v) is 8.29. The lowest BCUT2D eigenvalue weighted by atomic mass is 10.2. The SMILES string of the molecule is CN(Cc1ccc(Cl)s1)S(=O)(=O)c1ccccc1CCl. The van der Waals surface area contributed by atoms with E-state index in [0.29, 0.717) is 9.90 Å². The predicted molar refractivity (Wildman–Crippen MR) is 84.0 cm³/mol. The highest BCUT2D eigenvalue weighted by Gasteiger charge is 2.23. The van der Waals surface area contributed by atoms with Crippen LogP contribution in [0.15, 0.2) is 41.3 Å². The van der Waals surface area contributed by atoms with Gasteiger partial charge in [-0.1, -0.05) is 29.8 Å². The molecule has 7 heteroatoms. The molecule has 2 aromatic rings. The molecule has 2 rings (SSSR count). The molecule has 0 spiro atoms. The van der Waals surface area contributed by atoms with Gasteiger partial charge in [0, 0.05) is 24.3 Å². The Morgan fingerprint density at radius 2 is 1.90 bits per heavy atom. The van der Waals surface area contributed by atoms with Crippen molar-refractivity contribution in [3.63, 3.8) is 0 Å². The van der Waals surface area contributed by atoms with E-state index in [2.05, 4.69) is 0 Å². The van der Waals surface area contributed by atoms with Crippen LogP contribution in [0.5, 0.6) is 0 Å². The lowest BCUT2D eigenvalue weighted by molar-refractivity contribution is 0.469. The molecular formula is C13H13Cl2NO2S2. The quantitative estimate of drug-likeness (QED) is 0.766. The number of benzene rings is 1. The van der Waals surface area contributed by atoms with Crippen molar-refractivity contribution in [1.82, 2.24) is 4.31 Å². The first-order valence-electron chi connectivity index (χ1n) is 5.79. The van der Waals surface area contributed by atoms with Crippen molar-refractivity contribution >= 4 is 44.6 Å². The summed E-state index contributed by atoms with van der Waals surface area (Å²) in [6.45, 7) is 0.288. The van der Waals surface area contributed by atoms with E-state index in [1.54, 1.807) is 37.4 Å². The van der Waals surface area contributed by atoms with Crippen molar-refractivity contribution in [2.45, 2.75) is 17.3 Å². The maximum atomic E-state index is 12.6. The number of hydrogen-bond donors (Lipinski definition) is 0. The zero-order valence-electron chi connectivity index (χ0n) is 10.7. The summed E-state index contributed by atoms with van der Waals surface area (Å²) < 4.78 is 27.1. The van der Waals surface area contributed by atoms with Crippen LogP contribution in [0.2, 0.25) is 4.34 Å². The van der Waals surface area contributed by atoms with Crippen LogP contribution in [0.3, 0.4) is 0 Å². The van der Waals surface area contributed by atoms with E-state index in [0.717, 1.165) is 4.88 Å². The van der Waals surface area contributed by atoms with Gasteiger partial charge < -0.3 is 0 Å². The third kappa shape index (κ3) is 3.35. The number of alkyl halides is 1. The Morgan fingerprint density at radius 1 is 1.20 bits per heavy atom. The number of thiophene rings is 1. The largest absolute Gasteiger partial charge is 0.243 e. The molecule has 0 amide bonds. The number of hydrogen-bond acceptors (Lipinski definition) is 3. The van der Waals surface area contributed by atoms with Gasteiger partial charge in [-0.05, 0) is 23.8 Å². The summed E-state index contributed by atoms with van der Waals surface area (Å²) in [5.41, 5.74) is 0.602. The molecule has 0 bridgehead atoms. The molecule has 108 valence electrons. The average Bonchev–Trinajstić information content (AvgIpc) is 2.84. The predicted octanol–water partition coefficient (Wildman–Crippen LogP) is 3.96. The Balaban J connectivity index is 2.29. The molecule has 3 nitrogen and oxygen atoms in total. The summed E-state index contributed by atoms with van der Waals surface area (Å²) in [6.07, 6.45) is 0. The van der Waals surface area contributed by atoms with E-state index in [4.69, 9.17) is 23.2 Å². The minimum Gasteiger partial charge on any atom is -0.207 e. The van der Waals surface area contributed by atoms with Crippen LogP contribution in [0.1, 0.15) is 10.4 Å². The minimum absolute atomic E-state index is 0.161. The summed E-state index contributed by atoms with van der Waals surface area (Å²) >= 11 is 13.0. The molecule has 20 heavy (non-hydrogen) atoms. The van der Waals surface area contributed by atoms with Gasteiger partial charge in [-0.25, -0.2) is 8.42 Å². The molecule has 1 heterocycles. The van der Waals surface area contributed by atoms with Crippen LogP contribution in [0.4, 0.5) is 0 Å². The third-order valence-electron chi connectivity index (χ3n) is 2.81. The zero-order valence-corrected chi connectivity index (χ0v) is 13.9. The van der Waals surface area contributed by atoms with Gasteiger partial charge in [-0.15, -0.1) is 22.9 Å². The zero-order chi connectivity index (χ0) is 14.8. The Kier molecular flexibility index (Phi) is 5.09. The summed E-state index contributed by atoms with van der Waals surface area (Å²) in [4.78, 5) is 1.14. The summed E-state index contributed by atoms with van der Waals surface area (Å²) in [5, 5.41) is 0. The van der Waals surface area contributed by atoms with Gasteiger partial charge in [0.05, 0.1) is 9.23 Å². The normalized spacial score (nSPS) is 12.0. The lowest BCUT2D eigenvalue weighted by Gasteiger charge is -2.18. The Hall–Kier alpha value is -0.590. The van der Waals surface area contributed by atoms with Gasteiger partial charge in [0.15, 0.2) is 0 Å². The van der Waals surface area contributed by atoms with Crippen LogP contribution in [0.25, 0.3) is 0 Å². The molecule has 0 atom stereocenters. The van der Waals surface area contributed by atoms with Crippen molar-refractivity contribution in [3.8, 4) is 0 Å². The maximum Gasteiger partial charge on any atom is 0.243 e. The molecule has 0 saturated carbocycles. The highest BCUT2D eigenvalue weighted by atomic mass is 35.5. The van der Waals surface area contributed by atoms with E-state index in [9.17, 15) is 8.42 Å². The van der Waals surface area contributed by atoms with Gasteiger partial charge in [0.2, 0.25) is 10.0 Å². The van der Waals surface area contributed by atoms with Gasteiger partial charge in [0.25, 0.3) is 0 Å². The first-order chi connectivity index (χ1) is 9.45. The molecular weight excluding hydrogens is 337 g/mol. The van der Waals surface area contributed by atoms with Crippen LogP contribution in [-0.4, -0.2) is 19.8 Å². The third-order valence-corrected chi connectivity index (χ3v) is 6.22. The molecule has 0 N–H and O–H groups in total. The van der Waals surface area contributed by atoms with E-state index < -0.39 is 10.0 Å². The van der Waals surface area contributed by atoms with Crippen molar-refractivity contribution in [3.05, 3.63) is 51.2 Å². The number of nitrogens with zero attached hydrogens (tertiary/aromatic N) is 1. The van der Waals surface area contributed by atoms with E-state index in [-0.39, 0.29) is 17.3 Å². The van der Waals surface area contributed by atoms with Crippen LogP contribution in [0, 0.1) is 0 Å². The number of rotatable bonds is 5. The second-order valence-electron chi connectivity index (χ2n) is 4.21. The van der Waals surface area contributed by atoms with Crippen LogP contribution >= 0.6 is 34.5 Å². The molecule has 0 radical (unpaired) electrons. The Morgan fingerprint density at radius 3 is 2.50 bits per heavy atom. The molecule has 1 aromatic heterocycles. The first-order valence-corrected chi connectivity index (χ1v) is 8.96. The maximum absolute atomic E-state index is 12.6. The van der Waals surface area contributed by atoms with Crippen molar-refractivity contribution < 1.29 is 8.42 Å². The monoisotopic (exact) mass is 349 g/mol. The minimum atomic E-state index is -3.56. The number of sulfonamides is 1. The lowest BCUT2D eigenvalue weighted by Crippen LogP contribution is -2.26. The van der Waals surface area contributed by atoms with Crippen molar-refractivity contribution in [1.29, 1.82) is 0 Å². The Labute approximate surface area is 132 Å². The van der Waals surface area contributed by atoms with Gasteiger partial charge in [0.1, 0.15) is 0 Å². The molecule has 0 aliphatic heterocycles. The fraction of sp³-hybridized carbons (Fsp3) is 0.231. The molecule has 0 fully saturated rings. The summed E-state index contributed by atoms with van der Waals surface area (Å²) in [7, 11) is -2.01. The topological polar surface area (TPSA) is 37.4 Å². The second kappa shape index (κ2) is 6.45. The molecule has 0 aliphatic carbocycles. The van der Waals surface area contributed by atoms with Crippen LogP contribution in [-0.2, 0) is 22.4 Å². The molecule has 0 unspecified atom stereocenters. The standard InChI is InChI=1S/C13H13Cl2NO2S2/c1-16(9-11-6-7-13(15)19-11)20(17,18)12-5-3-2-4-10(12)8-14/h2-7H,8-9H2,1H3. The van der Waals surface area contributed by atoms with Crippen molar-refractivity contribution in [2.24, 2.45) is 0 Å². The highest BCUT2D eigenvalue weighted by molar-refractivity contribution is 7.89. The fourth-order valence-electron chi connectivity index (χ4n) is 1.77. The van der Waals surface area contributed by atoms with Crippen LogP contribution < -0.4 is 0 Å². The molecule has 0 saturated heterocycles. The average molecular weight is 350 g/mol. The number of halogens is 2. The fourth-order valence-corrected chi connectivity index (χ4v) is 4.68. The smallest absolute Gasteiger partial charge is 0.207 e. The van der Waals surface area contributed by atoms with E-state index >= 15 is 0 Å². The molecule has 0 aliphatic rings. The van der Waals surface area contributed by atoms with Gasteiger partial charge in [-0.3, -0.25) is 0 Å². The molecule has 1 aromatic carbocycles. The highest BCUT2D eigenvalue weighted by Crippen LogP contribution is 2.26. The van der Waals surface area contributed by atoms with E-state index in [1.807, 2.05) is 6.07 Å². The summed E-state index contributed by atoms with van der Waals surface area (Å²) in [6, 6.07) is 10.3. The van der Waals surface area contributed by atoms with Crippen molar-refractivity contribution in [2.75, 3.05) is 7.05 Å². The summed E-state index contributed by atoms with van der Waals surface area (Å²) in [5.74, 6) is 0.161. The first kappa shape index (κ1) is 15.8. The van der Waals surface area contributed by atoms with Gasteiger partial charge >= 0.3 is 0 Å². The van der Waals surface area contributed by atoms with E-state index in [1.165, 1.54) is 15.6 Å². The Bertz CT molecular complexity index is 698.